The smallest absolute Gasteiger partial charge is 0.0470 e. The Morgan fingerprint density at radius 2 is 1.02 bits per heavy atom. The third kappa shape index (κ3) is 5.39. The van der Waals surface area contributed by atoms with Crippen LogP contribution in [-0.2, 0) is 0 Å². The molecule has 0 aliphatic heterocycles. The van der Waals surface area contributed by atoms with Crippen LogP contribution in [0.1, 0.15) is 11.1 Å². The van der Waals surface area contributed by atoms with Gasteiger partial charge in [0.1, 0.15) is 0 Å². The molecule has 6 aromatic carbocycles. The van der Waals surface area contributed by atoms with Gasteiger partial charge >= 0.3 is 0 Å². The molecule has 0 aliphatic rings. The lowest BCUT2D eigenvalue weighted by Gasteiger charge is -2.22. The molecular formula is C38H32N2. The number of rotatable bonds is 7. The Morgan fingerprint density at radius 1 is 0.400 bits per heavy atom. The highest BCUT2D eigenvalue weighted by Crippen LogP contribution is 2.46. The van der Waals surface area contributed by atoms with Gasteiger partial charge in [0.05, 0.1) is 0 Å². The van der Waals surface area contributed by atoms with Crippen molar-refractivity contribution in [2.75, 3.05) is 10.6 Å². The van der Waals surface area contributed by atoms with E-state index in [2.05, 4.69) is 146 Å². The quantitative estimate of drug-likeness (QED) is 0.220. The topological polar surface area (TPSA) is 24.1 Å². The lowest BCUT2D eigenvalue weighted by atomic mass is 9.84. The lowest BCUT2D eigenvalue weighted by molar-refractivity contribution is 1.43. The zero-order valence-electron chi connectivity index (χ0n) is 22.9. The predicted octanol–water partition coefficient (Wildman–Crippen LogP) is 10.8. The largest absolute Gasteiger partial charge is 0.356 e. The summed E-state index contributed by atoms with van der Waals surface area (Å²) in [4.78, 5) is 0. The molecule has 0 heterocycles. The molecule has 194 valence electrons. The maximum absolute atomic E-state index is 3.73. The van der Waals surface area contributed by atoms with Gasteiger partial charge in [-0.05, 0) is 89.7 Å². The van der Waals surface area contributed by atoms with E-state index in [-0.39, 0.29) is 0 Å². The first kappa shape index (κ1) is 25.2. The molecule has 0 spiro atoms. The molecule has 0 aromatic heterocycles. The summed E-state index contributed by atoms with van der Waals surface area (Å²) in [6, 6.07) is 51.4. The Balaban J connectivity index is 1.55. The summed E-state index contributed by atoms with van der Waals surface area (Å²) >= 11 is 0. The Hall–Kier alpha value is -5.08. The molecule has 40 heavy (non-hydrogen) atoms. The number of hydrogen-bond donors (Lipinski definition) is 2. The summed E-state index contributed by atoms with van der Waals surface area (Å²) in [5, 5.41) is 7.23. The number of nitrogens with one attached hydrogen (secondary N) is 2. The molecule has 0 bridgehead atoms. The average Bonchev–Trinajstić information content (AvgIpc) is 2.99. The Kier molecular flexibility index (Phi) is 7.15. The van der Waals surface area contributed by atoms with Gasteiger partial charge < -0.3 is 10.6 Å². The van der Waals surface area contributed by atoms with Crippen LogP contribution in [0.15, 0.2) is 146 Å². The first-order valence-electron chi connectivity index (χ1n) is 13.7. The van der Waals surface area contributed by atoms with Crippen LogP contribution < -0.4 is 10.6 Å². The molecule has 2 nitrogen and oxygen atoms in total. The minimum atomic E-state index is 1.06. The van der Waals surface area contributed by atoms with E-state index in [0.717, 1.165) is 22.7 Å². The molecule has 0 saturated carbocycles. The molecule has 6 aromatic rings. The number of aryl methyl sites for hydroxylation is 2. The van der Waals surface area contributed by atoms with Crippen molar-refractivity contribution in [3.05, 3.63) is 157 Å². The van der Waals surface area contributed by atoms with E-state index < -0.39 is 0 Å². The summed E-state index contributed by atoms with van der Waals surface area (Å²) in [6.07, 6.45) is 0. The van der Waals surface area contributed by atoms with Crippen LogP contribution in [-0.4, -0.2) is 0 Å². The van der Waals surface area contributed by atoms with Gasteiger partial charge in [0.25, 0.3) is 0 Å². The zero-order chi connectivity index (χ0) is 27.3. The fourth-order valence-corrected chi connectivity index (χ4v) is 5.28. The van der Waals surface area contributed by atoms with Gasteiger partial charge in [0.15, 0.2) is 0 Å². The molecule has 0 saturated heterocycles. The summed E-state index contributed by atoms with van der Waals surface area (Å²) < 4.78 is 0. The second-order valence-electron chi connectivity index (χ2n) is 10.2. The molecule has 0 atom stereocenters. The molecule has 2 N–H and O–H groups in total. The third-order valence-electron chi connectivity index (χ3n) is 7.24. The van der Waals surface area contributed by atoms with Crippen LogP contribution in [0, 0.1) is 13.8 Å². The second-order valence-corrected chi connectivity index (χ2v) is 10.2. The van der Waals surface area contributed by atoms with E-state index in [0.29, 0.717) is 0 Å². The molecular weight excluding hydrogens is 484 g/mol. The normalized spacial score (nSPS) is 10.8. The number of benzene rings is 6. The Bertz CT molecular complexity index is 1740. The van der Waals surface area contributed by atoms with Crippen LogP contribution >= 0.6 is 0 Å². The SMILES string of the molecule is Cc1cccc(-c2c(Nc3ccccc3)ccc(-c3ccc(Nc4ccccc4)cc3)c2-c2ccccc2C)c1. The van der Waals surface area contributed by atoms with Crippen molar-refractivity contribution in [3.63, 3.8) is 0 Å². The molecule has 0 amide bonds. The molecule has 0 unspecified atom stereocenters. The Morgan fingerprint density at radius 3 is 1.70 bits per heavy atom. The second kappa shape index (κ2) is 11.3. The van der Waals surface area contributed by atoms with Crippen molar-refractivity contribution in [1.29, 1.82) is 0 Å². The van der Waals surface area contributed by atoms with E-state index in [9.17, 15) is 0 Å². The molecule has 0 fully saturated rings. The van der Waals surface area contributed by atoms with E-state index in [1.165, 1.54) is 44.5 Å². The van der Waals surface area contributed by atoms with Crippen LogP contribution in [0.2, 0.25) is 0 Å². The summed E-state index contributed by atoms with van der Waals surface area (Å²) in [6.45, 7) is 4.35. The van der Waals surface area contributed by atoms with Crippen LogP contribution in [0.4, 0.5) is 22.7 Å². The maximum Gasteiger partial charge on any atom is 0.0470 e. The van der Waals surface area contributed by atoms with E-state index in [1.54, 1.807) is 0 Å². The fourth-order valence-electron chi connectivity index (χ4n) is 5.28. The number of anilines is 4. The molecule has 0 aliphatic carbocycles. The van der Waals surface area contributed by atoms with Crippen molar-refractivity contribution in [2.24, 2.45) is 0 Å². The highest BCUT2D eigenvalue weighted by Gasteiger charge is 2.20. The van der Waals surface area contributed by atoms with Gasteiger partial charge in [-0.3, -0.25) is 0 Å². The van der Waals surface area contributed by atoms with Gasteiger partial charge in [-0.15, -0.1) is 0 Å². The minimum absolute atomic E-state index is 1.06. The molecule has 6 rings (SSSR count). The van der Waals surface area contributed by atoms with Crippen LogP contribution in [0.3, 0.4) is 0 Å². The van der Waals surface area contributed by atoms with Crippen LogP contribution in [0.5, 0.6) is 0 Å². The lowest BCUT2D eigenvalue weighted by Crippen LogP contribution is -1.99. The van der Waals surface area contributed by atoms with Gasteiger partial charge in [-0.2, -0.15) is 0 Å². The van der Waals surface area contributed by atoms with Crippen molar-refractivity contribution < 1.29 is 0 Å². The van der Waals surface area contributed by atoms with Gasteiger partial charge in [-0.1, -0.05) is 109 Å². The molecule has 2 heteroatoms. The van der Waals surface area contributed by atoms with Crippen molar-refractivity contribution in [3.8, 4) is 33.4 Å². The summed E-state index contributed by atoms with van der Waals surface area (Å²) in [7, 11) is 0. The van der Waals surface area contributed by atoms with Crippen LogP contribution in [0.25, 0.3) is 33.4 Å². The minimum Gasteiger partial charge on any atom is -0.356 e. The fraction of sp³-hybridized carbons (Fsp3) is 0.0526. The monoisotopic (exact) mass is 516 g/mol. The average molecular weight is 517 g/mol. The number of para-hydroxylation sites is 2. The van der Waals surface area contributed by atoms with E-state index in [1.807, 2.05) is 24.3 Å². The predicted molar refractivity (Wildman–Crippen MR) is 172 cm³/mol. The highest BCUT2D eigenvalue weighted by molar-refractivity contribution is 6.01. The zero-order valence-corrected chi connectivity index (χ0v) is 22.9. The first-order valence-corrected chi connectivity index (χ1v) is 13.7. The third-order valence-corrected chi connectivity index (χ3v) is 7.24. The van der Waals surface area contributed by atoms with Crippen molar-refractivity contribution in [1.82, 2.24) is 0 Å². The summed E-state index contributed by atoms with van der Waals surface area (Å²) in [5.41, 5.74) is 14.0. The van der Waals surface area contributed by atoms with Crippen molar-refractivity contribution >= 4 is 22.7 Å². The standard InChI is InChI=1S/C38H32N2/c1-27-12-11-14-30(26-27)37-36(40-32-17-7-4-8-18-32)25-24-35(38(37)34-19-10-9-13-28(34)2)29-20-22-33(23-21-29)39-31-15-5-3-6-16-31/h3-26,39-40H,1-2H3. The van der Waals surface area contributed by atoms with E-state index in [4.69, 9.17) is 0 Å². The van der Waals surface area contributed by atoms with Gasteiger partial charge in [0, 0.05) is 28.3 Å². The maximum atomic E-state index is 3.73. The summed E-state index contributed by atoms with van der Waals surface area (Å²) in [5.74, 6) is 0. The van der Waals surface area contributed by atoms with E-state index >= 15 is 0 Å². The van der Waals surface area contributed by atoms with Crippen molar-refractivity contribution in [2.45, 2.75) is 13.8 Å². The Labute approximate surface area is 237 Å². The number of hydrogen-bond acceptors (Lipinski definition) is 2. The highest BCUT2D eigenvalue weighted by atomic mass is 14.9. The van der Waals surface area contributed by atoms with Gasteiger partial charge in [-0.25, -0.2) is 0 Å². The first-order chi connectivity index (χ1) is 19.7. The van der Waals surface area contributed by atoms with Gasteiger partial charge in [0.2, 0.25) is 0 Å². The molecule has 0 radical (unpaired) electrons.